The Kier molecular flexibility index (Phi) is 4.04. The van der Waals surface area contributed by atoms with Crippen molar-refractivity contribution in [3.8, 4) is 17.3 Å². The maximum absolute atomic E-state index is 13.3. The van der Waals surface area contributed by atoms with E-state index in [0.717, 1.165) is 13.0 Å². The summed E-state index contributed by atoms with van der Waals surface area (Å²) in [6, 6.07) is 6.17. The zero-order valence-corrected chi connectivity index (χ0v) is 10.5. The van der Waals surface area contributed by atoms with Crippen LogP contribution in [0.1, 0.15) is 18.9 Å². The fourth-order valence-corrected chi connectivity index (χ4v) is 1.68. The number of hydrogen-bond donors (Lipinski definition) is 1. The molecule has 0 aliphatic carbocycles. The summed E-state index contributed by atoms with van der Waals surface area (Å²) in [5.74, 6) is 0.109. The van der Waals surface area contributed by atoms with Crippen molar-refractivity contribution >= 4 is 5.82 Å². The Hall–Kier alpha value is -2.48. The maximum Gasteiger partial charge on any atom is 0.152 e. The molecule has 4 nitrogen and oxygen atoms in total. The van der Waals surface area contributed by atoms with E-state index in [9.17, 15) is 4.39 Å². The highest BCUT2D eigenvalue weighted by Gasteiger charge is 2.10. The van der Waals surface area contributed by atoms with E-state index in [1.165, 1.54) is 12.1 Å². The van der Waals surface area contributed by atoms with Crippen molar-refractivity contribution in [2.24, 2.45) is 0 Å². The molecule has 2 rings (SSSR count). The molecule has 0 saturated heterocycles. The number of anilines is 1. The van der Waals surface area contributed by atoms with Crippen LogP contribution in [0.25, 0.3) is 11.3 Å². The van der Waals surface area contributed by atoms with E-state index >= 15 is 0 Å². The first kappa shape index (κ1) is 13.0. The molecule has 0 aliphatic rings. The number of nitrogens with zero attached hydrogens (tertiary/aromatic N) is 3. The Labute approximate surface area is 110 Å². The van der Waals surface area contributed by atoms with Crippen LogP contribution in [0.15, 0.2) is 30.6 Å². The average Bonchev–Trinajstić information content (AvgIpc) is 2.46. The fraction of sp³-hybridized carbons (Fsp3) is 0.214. The van der Waals surface area contributed by atoms with Gasteiger partial charge in [0.05, 0.1) is 5.56 Å². The predicted molar refractivity (Wildman–Crippen MR) is 70.9 cm³/mol. The van der Waals surface area contributed by atoms with Crippen molar-refractivity contribution in [3.05, 3.63) is 42.0 Å². The van der Waals surface area contributed by atoms with E-state index in [-0.39, 0.29) is 5.56 Å². The van der Waals surface area contributed by atoms with Crippen molar-refractivity contribution in [2.75, 3.05) is 11.9 Å². The number of nitrogens with one attached hydrogen (secondary N) is 1. The second kappa shape index (κ2) is 5.91. The smallest absolute Gasteiger partial charge is 0.152 e. The molecule has 0 radical (unpaired) electrons. The Morgan fingerprint density at radius 1 is 1.32 bits per heavy atom. The summed E-state index contributed by atoms with van der Waals surface area (Å²) >= 11 is 0. The van der Waals surface area contributed by atoms with Crippen LogP contribution < -0.4 is 5.32 Å². The van der Waals surface area contributed by atoms with Gasteiger partial charge < -0.3 is 5.32 Å². The molecule has 0 atom stereocenters. The minimum atomic E-state index is -0.529. The van der Waals surface area contributed by atoms with Crippen LogP contribution in [0.4, 0.5) is 10.2 Å². The first-order valence-corrected chi connectivity index (χ1v) is 6.01. The van der Waals surface area contributed by atoms with Gasteiger partial charge in [0.25, 0.3) is 0 Å². The monoisotopic (exact) mass is 256 g/mol. The molecule has 19 heavy (non-hydrogen) atoms. The molecule has 1 N–H and O–H groups in total. The Bertz CT molecular complexity index is 619. The third-order valence-electron chi connectivity index (χ3n) is 2.60. The first-order chi connectivity index (χ1) is 9.26. The molecule has 5 heteroatoms. The summed E-state index contributed by atoms with van der Waals surface area (Å²) in [4.78, 5) is 8.47. The summed E-state index contributed by atoms with van der Waals surface area (Å²) in [6.07, 6.45) is 4.13. The zero-order valence-electron chi connectivity index (χ0n) is 10.5. The molecule has 1 aromatic carbocycles. The SMILES string of the molecule is CCCNc1nccnc1-c1ccc(F)c(C#N)c1. The lowest BCUT2D eigenvalue weighted by molar-refractivity contribution is 0.624. The largest absolute Gasteiger partial charge is 0.368 e. The van der Waals surface area contributed by atoms with Crippen LogP contribution in [0.5, 0.6) is 0 Å². The number of benzene rings is 1. The molecular weight excluding hydrogens is 243 g/mol. The number of aromatic nitrogens is 2. The van der Waals surface area contributed by atoms with Crippen molar-refractivity contribution in [1.82, 2.24) is 9.97 Å². The summed E-state index contributed by atoms with van der Waals surface area (Å²) in [5.41, 5.74) is 1.29. The maximum atomic E-state index is 13.3. The van der Waals surface area contributed by atoms with E-state index in [1.807, 2.05) is 6.07 Å². The molecule has 96 valence electrons. The molecule has 0 aliphatic heterocycles. The summed E-state index contributed by atoms with van der Waals surface area (Å²) < 4.78 is 13.3. The number of halogens is 1. The molecule has 1 aromatic heterocycles. The number of nitriles is 1. The fourth-order valence-electron chi connectivity index (χ4n) is 1.68. The van der Waals surface area contributed by atoms with Gasteiger partial charge in [0.15, 0.2) is 5.82 Å². The van der Waals surface area contributed by atoms with Crippen LogP contribution >= 0.6 is 0 Å². The topological polar surface area (TPSA) is 61.6 Å². The molecule has 0 saturated carbocycles. The van der Waals surface area contributed by atoms with Gasteiger partial charge in [-0.3, -0.25) is 4.98 Å². The van der Waals surface area contributed by atoms with E-state index < -0.39 is 5.82 Å². The standard InChI is InChI=1S/C14H13FN4/c1-2-5-18-14-13(17-6-7-19-14)10-3-4-12(15)11(8-10)9-16/h3-4,6-8H,2,5H2,1H3,(H,18,19). The second-order valence-corrected chi connectivity index (χ2v) is 3.99. The number of rotatable bonds is 4. The Morgan fingerprint density at radius 2 is 2.11 bits per heavy atom. The van der Waals surface area contributed by atoms with Crippen LogP contribution in [0.2, 0.25) is 0 Å². The van der Waals surface area contributed by atoms with Gasteiger partial charge in [-0.05, 0) is 24.6 Å². The van der Waals surface area contributed by atoms with E-state index in [0.29, 0.717) is 17.1 Å². The van der Waals surface area contributed by atoms with E-state index in [4.69, 9.17) is 5.26 Å². The van der Waals surface area contributed by atoms with Gasteiger partial charge in [-0.2, -0.15) is 5.26 Å². The van der Waals surface area contributed by atoms with Gasteiger partial charge in [0.2, 0.25) is 0 Å². The summed E-state index contributed by atoms with van der Waals surface area (Å²) in [7, 11) is 0. The lowest BCUT2D eigenvalue weighted by Crippen LogP contribution is -2.04. The molecule has 0 unspecified atom stereocenters. The van der Waals surface area contributed by atoms with Crippen LogP contribution in [-0.2, 0) is 0 Å². The molecule has 0 bridgehead atoms. The molecule has 0 spiro atoms. The van der Waals surface area contributed by atoms with Gasteiger partial charge in [0.1, 0.15) is 17.6 Å². The van der Waals surface area contributed by atoms with Gasteiger partial charge in [-0.15, -0.1) is 0 Å². The average molecular weight is 256 g/mol. The van der Waals surface area contributed by atoms with Crippen LogP contribution in [-0.4, -0.2) is 16.5 Å². The third-order valence-corrected chi connectivity index (χ3v) is 2.60. The van der Waals surface area contributed by atoms with Gasteiger partial charge in [-0.25, -0.2) is 9.37 Å². The highest BCUT2D eigenvalue weighted by Crippen LogP contribution is 2.25. The van der Waals surface area contributed by atoms with Crippen molar-refractivity contribution in [1.29, 1.82) is 5.26 Å². The van der Waals surface area contributed by atoms with E-state index in [2.05, 4.69) is 22.2 Å². The third kappa shape index (κ3) is 2.86. The predicted octanol–water partition coefficient (Wildman–Crippen LogP) is 2.98. The minimum Gasteiger partial charge on any atom is -0.368 e. The minimum absolute atomic E-state index is 0.00425. The normalized spacial score (nSPS) is 9.95. The molecule has 0 fully saturated rings. The Balaban J connectivity index is 2.44. The second-order valence-electron chi connectivity index (χ2n) is 3.99. The van der Waals surface area contributed by atoms with Crippen LogP contribution in [0, 0.1) is 17.1 Å². The molecule has 1 heterocycles. The Morgan fingerprint density at radius 3 is 2.84 bits per heavy atom. The summed E-state index contributed by atoms with van der Waals surface area (Å²) in [6.45, 7) is 2.83. The van der Waals surface area contributed by atoms with E-state index in [1.54, 1.807) is 18.5 Å². The summed E-state index contributed by atoms with van der Waals surface area (Å²) in [5, 5.41) is 12.0. The lowest BCUT2D eigenvalue weighted by atomic mass is 10.1. The quantitative estimate of drug-likeness (QED) is 0.913. The van der Waals surface area contributed by atoms with Crippen molar-refractivity contribution in [3.63, 3.8) is 0 Å². The van der Waals surface area contributed by atoms with Crippen molar-refractivity contribution < 1.29 is 4.39 Å². The highest BCUT2D eigenvalue weighted by atomic mass is 19.1. The highest BCUT2D eigenvalue weighted by molar-refractivity contribution is 5.72. The molecular formula is C14H13FN4. The van der Waals surface area contributed by atoms with Gasteiger partial charge in [-0.1, -0.05) is 6.92 Å². The van der Waals surface area contributed by atoms with Crippen LogP contribution in [0.3, 0.4) is 0 Å². The lowest BCUT2D eigenvalue weighted by Gasteiger charge is -2.09. The number of hydrogen-bond acceptors (Lipinski definition) is 4. The zero-order chi connectivity index (χ0) is 13.7. The molecule has 2 aromatic rings. The molecule has 0 amide bonds. The van der Waals surface area contributed by atoms with Crippen molar-refractivity contribution in [2.45, 2.75) is 13.3 Å². The first-order valence-electron chi connectivity index (χ1n) is 6.01. The van der Waals surface area contributed by atoms with Gasteiger partial charge >= 0.3 is 0 Å². The van der Waals surface area contributed by atoms with Gasteiger partial charge in [0, 0.05) is 24.5 Å².